The van der Waals surface area contributed by atoms with E-state index in [1.165, 1.54) is 16.7 Å². The SMILES string of the molecule is COc1ccc(/C=C2/SC(N3CC[NH+](CCC#N)CC3)=NC2=O)cc1. The highest BCUT2D eigenvalue weighted by Crippen LogP contribution is 2.30. The minimum absolute atomic E-state index is 0.171. The number of hydrogen-bond acceptors (Lipinski definition) is 5. The van der Waals surface area contributed by atoms with Gasteiger partial charge in [0, 0.05) is 0 Å². The Morgan fingerprint density at radius 2 is 2.08 bits per heavy atom. The van der Waals surface area contributed by atoms with Crippen molar-refractivity contribution in [3.8, 4) is 11.8 Å². The van der Waals surface area contributed by atoms with Gasteiger partial charge in [0.2, 0.25) is 0 Å². The minimum atomic E-state index is -0.171. The highest BCUT2D eigenvalue weighted by atomic mass is 32.2. The van der Waals surface area contributed by atoms with Crippen molar-refractivity contribution in [1.29, 1.82) is 5.26 Å². The van der Waals surface area contributed by atoms with Crippen LogP contribution in [0.2, 0.25) is 0 Å². The third-order valence-corrected chi connectivity index (χ3v) is 5.40. The predicted octanol–water partition coefficient (Wildman–Crippen LogP) is 0.780. The van der Waals surface area contributed by atoms with Gasteiger partial charge in [-0.25, -0.2) is 0 Å². The number of ether oxygens (including phenoxy) is 1. The third-order valence-electron chi connectivity index (χ3n) is 4.35. The molecule has 1 saturated heterocycles. The molecule has 0 unspecified atom stereocenters. The molecule has 0 atom stereocenters. The Bertz CT molecular complexity index is 728. The van der Waals surface area contributed by atoms with Gasteiger partial charge in [-0.15, -0.1) is 0 Å². The first-order valence-electron chi connectivity index (χ1n) is 8.31. The van der Waals surface area contributed by atoms with Crippen LogP contribution in [0.25, 0.3) is 6.08 Å². The van der Waals surface area contributed by atoms with Crippen molar-refractivity contribution in [3.63, 3.8) is 0 Å². The Kier molecular flexibility index (Phi) is 5.74. The molecule has 1 amide bonds. The topological polar surface area (TPSA) is 70.1 Å². The van der Waals surface area contributed by atoms with E-state index in [1.807, 2.05) is 30.3 Å². The molecule has 2 aliphatic heterocycles. The van der Waals surface area contributed by atoms with Crippen LogP contribution in [0.1, 0.15) is 12.0 Å². The first-order valence-corrected chi connectivity index (χ1v) is 9.13. The molecule has 6 nitrogen and oxygen atoms in total. The molecule has 0 spiro atoms. The van der Waals surface area contributed by atoms with Gasteiger partial charge in [-0.2, -0.15) is 10.3 Å². The molecule has 2 aliphatic rings. The smallest absolute Gasteiger partial charge is 0.286 e. The van der Waals surface area contributed by atoms with Crippen molar-refractivity contribution in [1.82, 2.24) is 4.90 Å². The van der Waals surface area contributed by atoms with Crippen LogP contribution in [-0.2, 0) is 4.79 Å². The predicted molar refractivity (Wildman–Crippen MR) is 98.4 cm³/mol. The molecule has 0 aromatic heterocycles. The number of benzene rings is 1. The van der Waals surface area contributed by atoms with Crippen LogP contribution < -0.4 is 9.64 Å². The zero-order valence-corrected chi connectivity index (χ0v) is 15.0. The van der Waals surface area contributed by atoms with Gasteiger partial charge in [-0.3, -0.25) is 4.79 Å². The van der Waals surface area contributed by atoms with Gasteiger partial charge >= 0.3 is 0 Å². The number of methoxy groups -OCH3 is 1. The first kappa shape index (κ1) is 17.5. The molecular weight excluding hydrogens is 336 g/mol. The van der Waals surface area contributed by atoms with Crippen LogP contribution in [0.3, 0.4) is 0 Å². The molecule has 0 saturated carbocycles. The number of nitrogens with zero attached hydrogens (tertiary/aromatic N) is 3. The molecule has 0 bridgehead atoms. The second-order valence-electron chi connectivity index (χ2n) is 5.98. The van der Waals surface area contributed by atoms with Crippen LogP contribution in [-0.4, -0.2) is 55.8 Å². The van der Waals surface area contributed by atoms with Crippen molar-refractivity contribution in [2.45, 2.75) is 6.42 Å². The molecule has 2 heterocycles. The van der Waals surface area contributed by atoms with E-state index >= 15 is 0 Å². The van der Waals surface area contributed by atoms with Gasteiger partial charge in [0.1, 0.15) is 5.75 Å². The van der Waals surface area contributed by atoms with Gasteiger partial charge in [0.15, 0.2) is 5.17 Å². The third kappa shape index (κ3) is 4.41. The van der Waals surface area contributed by atoms with Crippen molar-refractivity contribution >= 4 is 28.9 Å². The van der Waals surface area contributed by atoms with E-state index in [2.05, 4.69) is 16.0 Å². The van der Waals surface area contributed by atoms with E-state index in [-0.39, 0.29) is 5.91 Å². The molecule has 1 N–H and O–H groups in total. The van der Waals surface area contributed by atoms with Crippen molar-refractivity contribution in [3.05, 3.63) is 34.7 Å². The molecule has 7 heteroatoms. The summed E-state index contributed by atoms with van der Waals surface area (Å²) in [6.45, 7) is 4.59. The number of aliphatic imine (C=N–C) groups is 1. The lowest BCUT2D eigenvalue weighted by Gasteiger charge is -2.32. The second kappa shape index (κ2) is 8.19. The average Bonchev–Trinajstić information content (AvgIpc) is 3.01. The van der Waals surface area contributed by atoms with Crippen molar-refractivity contribution in [2.75, 3.05) is 39.8 Å². The van der Waals surface area contributed by atoms with E-state index in [0.29, 0.717) is 11.3 Å². The molecule has 1 aromatic rings. The van der Waals surface area contributed by atoms with Crippen LogP contribution in [0, 0.1) is 11.3 Å². The Hall–Kier alpha value is -2.30. The van der Waals surface area contributed by atoms with E-state index in [4.69, 9.17) is 10.00 Å². The maximum atomic E-state index is 12.2. The number of hydrogen-bond donors (Lipinski definition) is 1. The number of piperazine rings is 1. The lowest BCUT2D eigenvalue weighted by molar-refractivity contribution is -0.903. The lowest BCUT2D eigenvalue weighted by atomic mass is 10.2. The van der Waals surface area contributed by atoms with E-state index in [1.54, 1.807) is 7.11 Å². The Morgan fingerprint density at radius 1 is 1.36 bits per heavy atom. The summed E-state index contributed by atoms with van der Waals surface area (Å²) in [4.78, 5) is 20.7. The fourth-order valence-electron chi connectivity index (χ4n) is 2.88. The number of thioether (sulfide) groups is 1. The quantitative estimate of drug-likeness (QED) is 0.807. The van der Waals surface area contributed by atoms with Crippen molar-refractivity contribution < 1.29 is 14.4 Å². The zero-order chi connectivity index (χ0) is 17.6. The fourth-order valence-corrected chi connectivity index (χ4v) is 3.85. The number of amidine groups is 1. The highest BCUT2D eigenvalue weighted by molar-refractivity contribution is 8.18. The molecule has 1 fully saturated rings. The van der Waals surface area contributed by atoms with Gasteiger partial charge in [0.25, 0.3) is 5.91 Å². The number of amides is 1. The summed E-state index contributed by atoms with van der Waals surface area (Å²) < 4.78 is 5.15. The molecule has 1 aromatic carbocycles. The highest BCUT2D eigenvalue weighted by Gasteiger charge is 2.29. The summed E-state index contributed by atoms with van der Waals surface area (Å²) in [7, 11) is 1.63. The van der Waals surface area contributed by atoms with Crippen LogP contribution in [0.4, 0.5) is 0 Å². The molecule has 0 radical (unpaired) electrons. The zero-order valence-electron chi connectivity index (χ0n) is 14.2. The lowest BCUT2D eigenvalue weighted by Crippen LogP contribution is -3.14. The average molecular weight is 357 g/mol. The van der Waals surface area contributed by atoms with E-state index in [9.17, 15) is 4.79 Å². The van der Waals surface area contributed by atoms with Crippen LogP contribution >= 0.6 is 11.8 Å². The normalized spacial score (nSPS) is 19.8. The van der Waals surface area contributed by atoms with Gasteiger partial charge < -0.3 is 14.5 Å². The number of nitrogens with one attached hydrogen (secondary N) is 1. The van der Waals surface area contributed by atoms with Gasteiger partial charge in [-0.05, 0) is 35.5 Å². The van der Waals surface area contributed by atoms with Crippen molar-refractivity contribution in [2.24, 2.45) is 4.99 Å². The van der Waals surface area contributed by atoms with Gasteiger partial charge in [-0.1, -0.05) is 12.1 Å². The van der Waals surface area contributed by atoms with E-state index in [0.717, 1.165) is 49.2 Å². The Labute approximate surface area is 151 Å². The summed E-state index contributed by atoms with van der Waals surface area (Å²) >= 11 is 1.44. The maximum Gasteiger partial charge on any atom is 0.286 e. The summed E-state index contributed by atoms with van der Waals surface area (Å²) in [6.07, 6.45) is 2.47. The summed E-state index contributed by atoms with van der Waals surface area (Å²) in [5.41, 5.74) is 0.957. The van der Waals surface area contributed by atoms with E-state index < -0.39 is 0 Å². The molecular formula is C18H21N4O2S+. The largest absolute Gasteiger partial charge is 0.497 e. The van der Waals surface area contributed by atoms with Crippen LogP contribution in [0.5, 0.6) is 5.75 Å². The molecule has 0 aliphatic carbocycles. The summed E-state index contributed by atoms with van der Waals surface area (Å²) in [6, 6.07) is 9.81. The standard InChI is InChI=1S/C18H20N4O2S/c1-24-15-5-3-14(4-6-15)13-16-17(23)20-18(25-16)22-11-9-21(10-12-22)8-2-7-19/h3-6,13H,2,8-12H2,1H3/p+1/b16-13+. The number of carbonyl (C=O) groups is 1. The summed E-state index contributed by atoms with van der Waals surface area (Å²) in [5.74, 6) is 0.622. The number of nitriles is 1. The molecule has 3 rings (SSSR count). The maximum absolute atomic E-state index is 12.2. The van der Waals surface area contributed by atoms with Crippen LogP contribution in [0.15, 0.2) is 34.2 Å². The molecule has 25 heavy (non-hydrogen) atoms. The number of rotatable bonds is 4. The monoisotopic (exact) mass is 357 g/mol. The van der Waals surface area contributed by atoms with Gasteiger partial charge in [0.05, 0.1) is 57.2 Å². The number of quaternary nitrogens is 1. The first-order chi connectivity index (χ1) is 12.2. The Morgan fingerprint density at radius 3 is 2.72 bits per heavy atom. The number of carbonyl (C=O) groups excluding carboxylic acids is 1. The second-order valence-corrected chi connectivity index (χ2v) is 6.99. The molecule has 130 valence electrons. The summed E-state index contributed by atoms with van der Waals surface area (Å²) in [5, 5.41) is 9.48. The minimum Gasteiger partial charge on any atom is -0.497 e. The Balaban J connectivity index is 1.59. The fraction of sp³-hybridized carbons (Fsp3) is 0.389.